The number of aliphatic hydroxyl groups excluding tert-OH is 1. The quantitative estimate of drug-likeness (QED) is 0.441. The number of fused-ring (bicyclic) bond motifs is 1. The van der Waals surface area contributed by atoms with E-state index in [0.717, 1.165) is 36.8 Å². The second-order valence-corrected chi connectivity index (χ2v) is 11.1. The van der Waals surface area contributed by atoms with E-state index in [9.17, 15) is 19.6 Å². The Kier molecular flexibility index (Phi) is 5.93. The highest BCUT2D eigenvalue weighted by Crippen LogP contribution is 2.49. The molecule has 0 radical (unpaired) electrons. The number of nitriles is 1. The van der Waals surface area contributed by atoms with Crippen LogP contribution in [0, 0.1) is 30.0 Å². The van der Waals surface area contributed by atoms with Crippen molar-refractivity contribution in [3.05, 3.63) is 70.3 Å². The van der Waals surface area contributed by atoms with Gasteiger partial charge >= 0.3 is 5.97 Å². The summed E-state index contributed by atoms with van der Waals surface area (Å²) in [5.74, 6) is 0.0595. The highest BCUT2D eigenvalue weighted by molar-refractivity contribution is 5.90. The minimum atomic E-state index is -0.842. The Bertz CT molecular complexity index is 1500. The molecule has 1 N–H and O–H groups in total. The summed E-state index contributed by atoms with van der Waals surface area (Å²) >= 11 is 0. The smallest absolute Gasteiger partial charge is 0.338 e. The van der Waals surface area contributed by atoms with Gasteiger partial charge in [-0.2, -0.15) is 10.2 Å². The van der Waals surface area contributed by atoms with Gasteiger partial charge in [-0.15, -0.1) is 5.10 Å². The van der Waals surface area contributed by atoms with Crippen LogP contribution >= 0.6 is 0 Å². The summed E-state index contributed by atoms with van der Waals surface area (Å²) in [6.45, 7) is 1.90. The number of aryl methyl sites for hydroxylation is 2. The lowest BCUT2D eigenvalue weighted by Crippen LogP contribution is -2.46. The van der Waals surface area contributed by atoms with Gasteiger partial charge in [-0.25, -0.2) is 18.7 Å². The Balaban J connectivity index is 1.23. The van der Waals surface area contributed by atoms with Gasteiger partial charge in [0.15, 0.2) is 5.82 Å². The molecule has 3 heterocycles. The van der Waals surface area contributed by atoms with E-state index in [-0.39, 0.29) is 35.9 Å². The first kappa shape index (κ1) is 24.5. The van der Waals surface area contributed by atoms with Crippen LogP contribution < -0.4 is 0 Å². The van der Waals surface area contributed by atoms with Crippen LogP contribution in [0.2, 0.25) is 0 Å². The number of benzene rings is 1. The molecule has 38 heavy (non-hydrogen) atoms. The molecule has 1 aliphatic heterocycles. The molecule has 1 aromatic carbocycles. The minimum Gasteiger partial charge on any atom is -0.512 e. The van der Waals surface area contributed by atoms with Gasteiger partial charge in [0, 0.05) is 30.8 Å². The number of ether oxygens (including phenoxy) is 1. The van der Waals surface area contributed by atoms with Crippen LogP contribution in [0.1, 0.15) is 73.9 Å². The zero-order valence-corrected chi connectivity index (χ0v) is 21.4. The first-order valence-corrected chi connectivity index (χ1v) is 13.3. The Labute approximate surface area is 220 Å². The number of aliphatic hydroxyl groups is 1. The SMILES string of the molecule is Cc1cnc2nc(CC3=C(O)CC(CCc4ccc(C5(C#N)CC5)c(F)c4)(C4CCCC4)OC3=O)nn2c1. The van der Waals surface area contributed by atoms with Crippen molar-refractivity contribution in [1.82, 2.24) is 19.6 Å². The maximum atomic E-state index is 14.9. The van der Waals surface area contributed by atoms with E-state index in [1.165, 1.54) is 6.07 Å². The largest absolute Gasteiger partial charge is 0.512 e. The average Bonchev–Trinajstić information content (AvgIpc) is 3.28. The lowest BCUT2D eigenvalue weighted by Gasteiger charge is -2.41. The van der Waals surface area contributed by atoms with Crippen LogP contribution in [-0.2, 0) is 27.8 Å². The zero-order chi connectivity index (χ0) is 26.5. The van der Waals surface area contributed by atoms with E-state index >= 15 is 0 Å². The van der Waals surface area contributed by atoms with Gasteiger partial charge in [0.05, 0.1) is 17.1 Å². The molecule has 196 valence electrons. The van der Waals surface area contributed by atoms with Gasteiger partial charge in [-0.3, -0.25) is 0 Å². The molecule has 0 bridgehead atoms. The Morgan fingerprint density at radius 1 is 1.29 bits per heavy atom. The topological polar surface area (TPSA) is 113 Å². The second kappa shape index (κ2) is 9.19. The van der Waals surface area contributed by atoms with Crippen molar-refractivity contribution in [2.24, 2.45) is 5.92 Å². The molecule has 1 unspecified atom stereocenters. The van der Waals surface area contributed by atoms with Crippen molar-refractivity contribution in [2.75, 3.05) is 0 Å². The molecule has 2 fully saturated rings. The molecule has 2 aliphatic carbocycles. The average molecular weight is 516 g/mol. The fraction of sp³-hybridized carbons (Fsp3) is 0.483. The van der Waals surface area contributed by atoms with E-state index in [2.05, 4.69) is 21.1 Å². The summed E-state index contributed by atoms with van der Waals surface area (Å²) in [7, 11) is 0. The standard InChI is InChI=1S/C29H30FN5O3/c1-18-15-32-27-33-25(34-35(27)16-18)13-21-24(36)14-29(38-26(21)37,20-4-2-3-5-20)9-8-19-6-7-22(23(30)12-19)28(17-31)10-11-28/h6-7,12,15-16,20,36H,2-5,8-11,13-14H2,1H3. The lowest BCUT2D eigenvalue weighted by atomic mass is 9.76. The monoisotopic (exact) mass is 515 g/mol. The summed E-state index contributed by atoms with van der Waals surface area (Å²) in [6, 6.07) is 7.35. The summed E-state index contributed by atoms with van der Waals surface area (Å²) in [4.78, 5) is 21.9. The molecule has 3 aromatic rings. The Morgan fingerprint density at radius 2 is 2.08 bits per heavy atom. The van der Waals surface area contributed by atoms with E-state index in [4.69, 9.17) is 4.74 Å². The fourth-order valence-electron chi connectivity index (χ4n) is 6.16. The number of carbonyl (C=O) groups excluding carboxylic acids is 1. The van der Waals surface area contributed by atoms with Gasteiger partial charge < -0.3 is 9.84 Å². The fourth-order valence-corrected chi connectivity index (χ4v) is 6.16. The first-order chi connectivity index (χ1) is 18.3. The molecule has 8 nitrogen and oxygen atoms in total. The number of cyclic esters (lactones) is 1. The lowest BCUT2D eigenvalue weighted by molar-refractivity contribution is -0.167. The third kappa shape index (κ3) is 4.32. The molecule has 0 spiro atoms. The molecule has 2 aromatic heterocycles. The zero-order valence-electron chi connectivity index (χ0n) is 21.4. The number of hydrogen-bond acceptors (Lipinski definition) is 7. The molecule has 3 aliphatic rings. The number of nitrogens with zero attached hydrogens (tertiary/aromatic N) is 5. The number of aromatic nitrogens is 4. The third-order valence-corrected chi connectivity index (χ3v) is 8.51. The summed E-state index contributed by atoms with van der Waals surface area (Å²) in [6.07, 6.45) is 10.1. The summed E-state index contributed by atoms with van der Waals surface area (Å²) in [5, 5.41) is 25.0. The predicted octanol–water partition coefficient (Wildman–Crippen LogP) is 4.99. The van der Waals surface area contributed by atoms with Gasteiger partial charge in [-0.1, -0.05) is 25.0 Å². The van der Waals surface area contributed by atoms with Gasteiger partial charge in [0.2, 0.25) is 0 Å². The maximum absolute atomic E-state index is 14.9. The highest BCUT2D eigenvalue weighted by Gasteiger charge is 2.49. The van der Waals surface area contributed by atoms with Crippen molar-refractivity contribution in [3.8, 4) is 6.07 Å². The predicted molar refractivity (Wildman–Crippen MR) is 136 cm³/mol. The van der Waals surface area contributed by atoms with Crippen molar-refractivity contribution >= 4 is 11.7 Å². The Hall–Kier alpha value is -3.80. The van der Waals surface area contributed by atoms with E-state index in [1.54, 1.807) is 23.0 Å². The van der Waals surface area contributed by atoms with Crippen LogP contribution in [0.15, 0.2) is 41.9 Å². The van der Waals surface area contributed by atoms with Crippen LogP contribution in [0.3, 0.4) is 0 Å². The molecule has 1 atom stereocenters. The van der Waals surface area contributed by atoms with Crippen LogP contribution in [0.25, 0.3) is 5.78 Å². The number of halogens is 1. The second-order valence-electron chi connectivity index (χ2n) is 11.1. The van der Waals surface area contributed by atoms with Crippen molar-refractivity contribution < 1.29 is 19.0 Å². The molecular weight excluding hydrogens is 485 g/mol. The summed E-state index contributed by atoms with van der Waals surface area (Å²) < 4.78 is 22.7. The number of esters is 1. The minimum absolute atomic E-state index is 0.0161. The van der Waals surface area contributed by atoms with Gasteiger partial charge in [-0.05, 0) is 68.6 Å². The van der Waals surface area contributed by atoms with Crippen molar-refractivity contribution in [2.45, 2.75) is 82.1 Å². The Morgan fingerprint density at radius 3 is 2.76 bits per heavy atom. The van der Waals surface area contributed by atoms with Gasteiger partial charge in [0.1, 0.15) is 17.2 Å². The number of hydrogen-bond donors (Lipinski definition) is 1. The number of carbonyl (C=O) groups is 1. The van der Waals surface area contributed by atoms with E-state index in [0.29, 0.717) is 42.8 Å². The van der Waals surface area contributed by atoms with Crippen LogP contribution in [0.5, 0.6) is 0 Å². The van der Waals surface area contributed by atoms with E-state index in [1.807, 2.05) is 13.0 Å². The molecule has 9 heteroatoms. The van der Waals surface area contributed by atoms with Crippen molar-refractivity contribution in [3.63, 3.8) is 0 Å². The highest BCUT2D eigenvalue weighted by atomic mass is 19.1. The number of rotatable bonds is 7. The molecular formula is C29H30FN5O3. The molecule has 0 amide bonds. The third-order valence-electron chi connectivity index (χ3n) is 8.51. The van der Waals surface area contributed by atoms with E-state index < -0.39 is 17.0 Å². The van der Waals surface area contributed by atoms with Crippen molar-refractivity contribution in [1.29, 1.82) is 5.26 Å². The normalized spacial score (nSPS) is 23.0. The van der Waals surface area contributed by atoms with Crippen LogP contribution in [0.4, 0.5) is 4.39 Å². The first-order valence-electron chi connectivity index (χ1n) is 13.3. The summed E-state index contributed by atoms with van der Waals surface area (Å²) in [5.41, 5.74) is 0.846. The van der Waals surface area contributed by atoms with Gasteiger partial charge in [0.25, 0.3) is 5.78 Å². The molecule has 2 saturated carbocycles. The van der Waals surface area contributed by atoms with Crippen LogP contribution in [-0.4, -0.2) is 36.3 Å². The maximum Gasteiger partial charge on any atom is 0.338 e. The molecule has 6 rings (SSSR count). The molecule has 0 saturated heterocycles.